The van der Waals surface area contributed by atoms with E-state index in [0.717, 1.165) is 16.9 Å². The predicted octanol–water partition coefficient (Wildman–Crippen LogP) is 2.90. The molecule has 0 saturated heterocycles. The average Bonchev–Trinajstić information content (AvgIpc) is 2.82. The topological polar surface area (TPSA) is 93.3 Å². The number of rotatable bonds is 5. The highest BCUT2D eigenvalue weighted by Gasteiger charge is 2.16. The minimum absolute atomic E-state index is 0.0215. The molecule has 0 spiro atoms. The highest BCUT2D eigenvalue weighted by Crippen LogP contribution is 2.23. The van der Waals surface area contributed by atoms with E-state index < -0.39 is 10.9 Å². The lowest BCUT2D eigenvalue weighted by Gasteiger charge is -1.97. The Morgan fingerprint density at radius 1 is 1.50 bits per heavy atom. The van der Waals surface area contributed by atoms with Crippen molar-refractivity contribution in [1.82, 2.24) is 4.98 Å². The molecule has 0 saturated carbocycles. The number of hydrogen-bond acceptors (Lipinski definition) is 5. The number of aryl methyl sites for hydroxylation is 1. The Kier molecular flexibility index (Phi) is 4.09. The molecular formula is C13H12N2O4S. The van der Waals surface area contributed by atoms with Gasteiger partial charge in [-0.2, -0.15) is 0 Å². The van der Waals surface area contributed by atoms with Gasteiger partial charge in [0.25, 0.3) is 5.69 Å². The second-order valence-corrected chi connectivity index (χ2v) is 5.23. The Bertz CT molecular complexity index is 666. The zero-order valence-corrected chi connectivity index (χ0v) is 11.5. The van der Waals surface area contributed by atoms with Gasteiger partial charge in [-0.1, -0.05) is 19.1 Å². The summed E-state index contributed by atoms with van der Waals surface area (Å²) in [7, 11) is 0. The first-order valence-corrected chi connectivity index (χ1v) is 6.78. The number of carbonyl (C=O) groups is 1. The molecule has 0 radical (unpaired) electrons. The van der Waals surface area contributed by atoms with Crippen molar-refractivity contribution in [2.24, 2.45) is 0 Å². The normalized spacial score (nSPS) is 10.4. The monoisotopic (exact) mass is 292 g/mol. The van der Waals surface area contributed by atoms with E-state index in [1.165, 1.54) is 12.1 Å². The number of nitro benzene ring substituents is 1. The van der Waals surface area contributed by atoms with E-state index in [1.807, 2.05) is 6.92 Å². The molecule has 1 aromatic carbocycles. The lowest BCUT2D eigenvalue weighted by molar-refractivity contribution is -0.384. The fourth-order valence-electron chi connectivity index (χ4n) is 1.84. The second kappa shape index (κ2) is 5.79. The number of nitro groups is 1. The van der Waals surface area contributed by atoms with Gasteiger partial charge in [-0.3, -0.25) is 10.1 Å². The van der Waals surface area contributed by atoms with Crippen LogP contribution in [-0.2, 0) is 12.8 Å². The first-order chi connectivity index (χ1) is 9.51. The number of benzene rings is 1. The maximum absolute atomic E-state index is 11.1. The van der Waals surface area contributed by atoms with Crippen LogP contribution in [0.1, 0.15) is 32.9 Å². The summed E-state index contributed by atoms with van der Waals surface area (Å²) < 4.78 is 0. The van der Waals surface area contributed by atoms with Gasteiger partial charge in [0.2, 0.25) is 0 Å². The van der Waals surface area contributed by atoms with Gasteiger partial charge >= 0.3 is 5.97 Å². The van der Waals surface area contributed by atoms with Crippen molar-refractivity contribution in [2.45, 2.75) is 19.8 Å². The Labute approximate surface area is 118 Å². The Morgan fingerprint density at radius 2 is 2.25 bits per heavy atom. The summed E-state index contributed by atoms with van der Waals surface area (Å²) in [4.78, 5) is 25.9. The van der Waals surface area contributed by atoms with Crippen LogP contribution in [0.2, 0.25) is 0 Å². The number of non-ortho nitro benzene ring substituents is 1. The molecule has 1 aromatic heterocycles. The van der Waals surface area contributed by atoms with E-state index in [2.05, 4.69) is 4.98 Å². The fourth-order valence-corrected chi connectivity index (χ4v) is 2.86. The number of nitrogens with zero attached hydrogens (tertiary/aromatic N) is 2. The van der Waals surface area contributed by atoms with Crippen LogP contribution in [0.15, 0.2) is 24.3 Å². The van der Waals surface area contributed by atoms with Crippen molar-refractivity contribution in [3.63, 3.8) is 0 Å². The molecule has 0 atom stereocenters. The highest BCUT2D eigenvalue weighted by atomic mass is 32.1. The molecule has 0 aliphatic carbocycles. The van der Waals surface area contributed by atoms with Gasteiger partial charge in [-0.05, 0) is 12.0 Å². The van der Waals surface area contributed by atoms with Crippen LogP contribution < -0.4 is 0 Å². The largest absolute Gasteiger partial charge is 0.477 e. The van der Waals surface area contributed by atoms with Crippen LogP contribution in [0.5, 0.6) is 0 Å². The quantitative estimate of drug-likeness (QED) is 0.675. The predicted molar refractivity (Wildman–Crippen MR) is 74.4 cm³/mol. The summed E-state index contributed by atoms with van der Waals surface area (Å²) in [5.74, 6) is -0.982. The zero-order valence-electron chi connectivity index (χ0n) is 10.7. The third kappa shape index (κ3) is 3.00. The molecule has 0 fully saturated rings. The Hall–Kier alpha value is -2.28. The fraction of sp³-hybridized carbons (Fsp3) is 0.231. The van der Waals surface area contributed by atoms with Gasteiger partial charge in [0.05, 0.1) is 15.6 Å². The Morgan fingerprint density at radius 3 is 2.80 bits per heavy atom. The molecule has 0 bridgehead atoms. The van der Waals surface area contributed by atoms with E-state index >= 15 is 0 Å². The minimum atomic E-state index is -0.982. The molecule has 7 heteroatoms. The lowest BCUT2D eigenvalue weighted by atomic mass is 10.1. The first-order valence-electron chi connectivity index (χ1n) is 5.96. The first kappa shape index (κ1) is 14.1. The summed E-state index contributed by atoms with van der Waals surface area (Å²) in [5.41, 5.74) is 1.32. The van der Waals surface area contributed by atoms with E-state index in [1.54, 1.807) is 12.1 Å². The zero-order chi connectivity index (χ0) is 14.7. The van der Waals surface area contributed by atoms with Crippen LogP contribution >= 0.6 is 11.3 Å². The third-order valence-corrected chi connectivity index (χ3v) is 3.83. The molecule has 2 rings (SSSR count). The van der Waals surface area contributed by atoms with Crippen molar-refractivity contribution in [1.29, 1.82) is 0 Å². The standard InChI is InChI=1S/C13H12N2O4S/c1-2-10-12(13(16)17)20-11(14-10)7-8-4-3-5-9(6-8)15(18)19/h3-6H,2,7H2,1H3,(H,16,17). The lowest BCUT2D eigenvalue weighted by Crippen LogP contribution is -1.97. The van der Waals surface area contributed by atoms with Crippen LogP contribution in [0.3, 0.4) is 0 Å². The van der Waals surface area contributed by atoms with Crippen LogP contribution in [0.4, 0.5) is 5.69 Å². The van der Waals surface area contributed by atoms with Gasteiger partial charge in [-0.25, -0.2) is 9.78 Å². The molecule has 104 valence electrons. The van der Waals surface area contributed by atoms with Crippen molar-refractivity contribution >= 4 is 23.0 Å². The summed E-state index contributed by atoms with van der Waals surface area (Å²) in [5, 5.41) is 20.4. The maximum atomic E-state index is 11.1. The smallest absolute Gasteiger partial charge is 0.347 e. The SMILES string of the molecule is CCc1nc(Cc2cccc([N+](=O)[O-])c2)sc1C(=O)O. The number of carboxylic acid groups (broad SMARTS) is 1. The van der Waals surface area contributed by atoms with Crippen molar-refractivity contribution in [3.8, 4) is 0 Å². The van der Waals surface area contributed by atoms with E-state index in [-0.39, 0.29) is 10.6 Å². The number of thiazole rings is 1. The minimum Gasteiger partial charge on any atom is -0.477 e. The summed E-state index contributed by atoms with van der Waals surface area (Å²) >= 11 is 1.12. The summed E-state index contributed by atoms with van der Waals surface area (Å²) in [6, 6.07) is 6.28. The molecule has 1 heterocycles. The molecule has 0 aliphatic heterocycles. The van der Waals surface area contributed by atoms with Crippen LogP contribution in [0.25, 0.3) is 0 Å². The van der Waals surface area contributed by atoms with Crippen molar-refractivity contribution < 1.29 is 14.8 Å². The maximum Gasteiger partial charge on any atom is 0.347 e. The average molecular weight is 292 g/mol. The number of aromatic carboxylic acids is 1. The Balaban J connectivity index is 2.28. The van der Waals surface area contributed by atoms with Crippen LogP contribution in [0, 0.1) is 10.1 Å². The van der Waals surface area contributed by atoms with E-state index in [0.29, 0.717) is 23.5 Å². The van der Waals surface area contributed by atoms with Gasteiger partial charge in [-0.15, -0.1) is 11.3 Å². The molecule has 2 aromatic rings. The number of aromatic nitrogens is 1. The molecule has 0 unspecified atom stereocenters. The summed E-state index contributed by atoms with van der Waals surface area (Å²) in [6.07, 6.45) is 0.944. The van der Waals surface area contributed by atoms with Crippen molar-refractivity contribution in [2.75, 3.05) is 0 Å². The van der Waals surface area contributed by atoms with Crippen molar-refractivity contribution in [3.05, 3.63) is 55.5 Å². The van der Waals surface area contributed by atoms with Gasteiger partial charge < -0.3 is 5.11 Å². The second-order valence-electron chi connectivity index (χ2n) is 4.15. The molecule has 6 nitrogen and oxygen atoms in total. The molecule has 1 N–H and O–H groups in total. The number of hydrogen-bond donors (Lipinski definition) is 1. The van der Waals surface area contributed by atoms with Gasteiger partial charge in [0.1, 0.15) is 4.88 Å². The summed E-state index contributed by atoms with van der Waals surface area (Å²) in [6.45, 7) is 1.85. The van der Waals surface area contributed by atoms with Crippen LogP contribution in [-0.4, -0.2) is 21.0 Å². The van der Waals surface area contributed by atoms with E-state index in [4.69, 9.17) is 5.11 Å². The van der Waals surface area contributed by atoms with E-state index in [9.17, 15) is 14.9 Å². The van der Waals surface area contributed by atoms with Gasteiger partial charge in [0.15, 0.2) is 0 Å². The molecular weight excluding hydrogens is 280 g/mol. The molecule has 0 aliphatic rings. The number of carboxylic acids is 1. The van der Waals surface area contributed by atoms with Gasteiger partial charge in [0, 0.05) is 18.6 Å². The highest BCUT2D eigenvalue weighted by molar-refractivity contribution is 7.13. The third-order valence-electron chi connectivity index (χ3n) is 2.75. The molecule has 20 heavy (non-hydrogen) atoms. The molecule has 0 amide bonds.